The number of guanidine groups is 1. The first-order valence-electron chi connectivity index (χ1n) is 9.09. The van der Waals surface area contributed by atoms with Crippen LogP contribution in [0.4, 0.5) is 5.69 Å². The zero-order valence-electron chi connectivity index (χ0n) is 15.8. The number of anilines is 1. The van der Waals surface area contributed by atoms with Crippen LogP contribution in [0.3, 0.4) is 0 Å². The number of nitrogens with one attached hydrogen (secondary N) is 1. The molecule has 0 saturated carbocycles. The van der Waals surface area contributed by atoms with Crippen LogP contribution in [0.2, 0.25) is 5.02 Å². The summed E-state index contributed by atoms with van der Waals surface area (Å²) >= 11 is 7.86. The number of aromatic nitrogens is 1. The van der Waals surface area contributed by atoms with Crippen LogP contribution in [0.15, 0.2) is 34.6 Å². The molecule has 0 unspecified atom stereocenters. The topological polar surface area (TPSA) is 43.8 Å². The molecule has 1 N–H and O–H groups in total. The number of benzene rings is 1. The minimum Gasteiger partial charge on any atom is -0.368 e. The molecular formula is C19H27ClIN5S. The number of aliphatic imine (C=N–C) groups is 1. The van der Waals surface area contributed by atoms with Crippen molar-refractivity contribution in [2.45, 2.75) is 19.8 Å². The number of hydrogen-bond donors (Lipinski definition) is 1. The van der Waals surface area contributed by atoms with E-state index in [0.29, 0.717) is 0 Å². The van der Waals surface area contributed by atoms with Gasteiger partial charge in [0.05, 0.1) is 10.7 Å². The molecule has 3 rings (SSSR count). The first-order valence-corrected chi connectivity index (χ1v) is 10.3. The van der Waals surface area contributed by atoms with Crippen LogP contribution < -0.4 is 10.2 Å². The molecule has 1 aliphatic heterocycles. The van der Waals surface area contributed by atoms with Crippen LogP contribution >= 0.6 is 46.9 Å². The average Bonchev–Trinajstić information content (AvgIpc) is 3.13. The predicted molar refractivity (Wildman–Crippen MR) is 127 cm³/mol. The highest BCUT2D eigenvalue weighted by atomic mass is 127. The second-order valence-corrected chi connectivity index (χ2v) is 7.64. The van der Waals surface area contributed by atoms with E-state index in [1.54, 1.807) is 11.3 Å². The molecular weight excluding hydrogens is 493 g/mol. The maximum Gasteiger partial charge on any atom is 0.193 e. The Labute approximate surface area is 187 Å². The minimum absolute atomic E-state index is 0. The largest absolute Gasteiger partial charge is 0.368 e. The van der Waals surface area contributed by atoms with Crippen LogP contribution in [-0.4, -0.2) is 55.6 Å². The smallest absolute Gasteiger partial charge is 0.193 e. The third-order valence-corrected chi connectivity index (χ3v) is 5.81. The van der Waals surface area contributed by atoms with Gasteiger partial charge in [-0.2, -0.15) is 0 Å². The molecule has 1 aromatic heterocycles. The van der Waals surface area contributed by atoms with Crippen LogP contribution in [0.5, 0.6) is 0 Å². The van der Waals surface area contributed by atoms with Crippen molar-refractivity contribution in [3.63, 3.8) is 0 Å². The van der Waals surface area contributed by atoms with E-state index < -0.39 is 0 Å². The predicted octanol–water partition coefficient (Wildman–Crippen LogP) is 3.92. The van der Waals surface area contributed by atoms with Gasteiger partial charge in [0.25, 0.3) is 0 Å². The maximum atomic E-state index is 6.11. The number of thiazole rings is 1. The van der Waals surface area contributed by atoms with Gasteiger partial charge < -0.3 is 15.1 Å². The van der Waals surface area contributed by atoms with Crippen LogP contribution in [-0.2, 0) is 12.8 Å². The van der Waals surface area contributed by atoms with Crippen molar-refractivity contribution in [1.82, 2.24) is 15.2 Å². The molecule has 5 nitrogen and oxygen atoms in total. The van der Waals surface area contributed by atoms with E-state index in [2.05, 4.69) is 43.5 Å². The highest BCUT2D eigenvalue weighted by Gasteiger charge is 2.19. The number of piperazine rings is 1. The molecule has 0 spiro atoms. The number of aryl methyl sites for hydroxylation is 1. The van der Waals surface area contributed by atoms with Crippen molar-refractivity contribution in [1.29, 1.82) is 0 Å². The summed E-state index contributed by atoms with van der Waals surface area (Å²) in [6.07, 6.45) is 1.94. The summed E-state index contributed by atoms with van der Waals surface area (Å²) in [6, 6.07) is 8.07. The Morgan fingerprint density at radius 3 is 2.70 bits per heavy atom. The third kappa shape index (κ3) is 6.22. The van der Waals surface area contributed by atoms with Crippen molar-refractivity contribution in [3.05, 3.63) is 45.4 Å². The molecule has 0 aliphatic carbocycles. The van der Waals surface area contributed by atoms with Gasteiger partial charge in [-0.1, -0.05) is 24.6 Å². The first-order chi connectivity index (χ1) is 12.7. The van der Waals surface area contributed by atoms with Gasteiger partial charge in [0.1, 0.15) is 0 Å². The molecule has 0 atom stereocenters. The van der Waals surface area contributed by atoms with Gasteiger partial charge in [0, 0.05) is 62.3 Å². The quantitative estimate of drug-likeness (QED) is 0.369. The Morgan fingerprint density at radius 1 is 1.30 bits per heavy atom. The van der Waals surface area contributed by atoms with E-state index in [4.69, 9.17) is 11.6 Å². The first kappa shape index (κ1) is 22.2. The lowest BCUT2D eigenvalue weighted by atomic mass is 10.2. The molecule has 0 amide bonds. The minimum atomic E-state index is 0. The number of halogens is 2. The molecule has 27 heavy (non-hydrogen) atoms. The second kappa shape index (κ2) is 11.1. The van der Waals surface area contributed by atoms with E-state index >= 15 is 0 Å². The van der Waals surface area contributed by atoms with Crippen LogP contribution in [0, 0.1) is 0 Å². The SMILES string of the molecule is CCc1nc(CCNC(=NC)N2CCN(c3cccc(Cl)c3)CC2)cs1.I. The molecule has 1 aromatic carbocycles. The lowest BCUT2D eigenvalue weighted by molar-refractivity contribution is 0.373. The van der Waals surface area contributed by atoms with Gasteiger partial charge in [-0.25, -0.2) is 4.98 Å². The maximum absolute atomic E-state index is 6.11. The standard InChI is InChI=1S/C19H26ClN5S.HI/c1-3-18-23-16(14-26-18)7-8-22-19(21-2)25-11-9-24(10-12-25)17-6-4-5-15(20)13-17;/h4-6,13-14H,3,7-12H2,1-2H3,(H,21,22);1H. The summed E-state index contributed by atoms with van der Waals surface area (Å²) in [4.78, 5) is 13.8. The molecule has 1 aliphatic rings. The molecule has 0 bridgehead atoms. The van der Waals surface area contributed by atoms with Crippen LogP contribution in [0.1, 0.15) is 17.6 Å². The van der Waals surface area contributed by atoms with Gasteiger partial charge in [-0.3, -0.25) is 4.99 Å². The molecule has 8 heteroatoms. The summed E-state index contributed by atoms with van der Waals surface area (Å²) in [6.45, 7) is 6.82. The van der Waals surface area contributed by atoms with Gasteiger partial charge in [0.15, 0.2) is 5.96 Å². The Bertz CT molecular complexity index is 743. The fraction of sp³-hybridized carbons (Fsp3) is 0.474. The third-order valence-electron chi connectivity index (χ3n) is 4.53. The van der Waals surface area contributed by atoms with Gasteiger partial charge >= 0.3 is 0 Å². The van der Waals surface area contributed by atoms with Crippen molar-refractivity contribution in [2.24, 2.45) is 4.99 Å². The lowest BCUT2D eigenvalue weighted by Gasteiger charge is -2.37. The molecule has 2 aromatic rings. The van der Waals surface area contributed by atoms with E-state index in [9.17, 15) is 0 Å². The van der Waals surface area contributed by atoms with Crippen molar-refractivity contribution in [2.75, 3.05) is 44.7 Å². The fourth-order valence-corrected chi connectivity index (χ4v) is 4.07. The van der Waals surface area contributed by atoms with Crippen molar-refractivity contribution < 1.29 is 0 Å². The molecule has 1 saturated heterocycles. The molecule has 1 fully saturated rings. The second-order valence-electron chi connectivity index (χ2n) is 6.26. The number of rotatable bonds is 5. The number of nitrogens with zero attached hydrogens (tertiary/aromatic N) is 4. The summed E-state index contributed by atoms with van der Waals surface area (Å²) in [5, 5.41) is 7.64. The fourth-order valence-electron chi connectivity index (χ4n) is 3.11. The monoisotopic (exact) mass is 519 g/mol. The lowest BCUT2D eigenvalue weighted by Crippen LogP contribution is -2.52. The highest BCUT2D eigenvalue weighted by Crippen LogP contribution is 2.20. The number of hydrogen-bond acceptors (Lipinski definition) is 4. The Balaban J connectivity index is 0.00000261. The van der Waals surface area contributed by atoms with Gasteiger partial charge in [0.2, 0.25) is 0 Å². The summed E-state index contributed by atoms with van der Waals surface area (Å²) in [5.74, 6) is 0.974. The van der Waals surface area contributed by atoms with E-state index in [1.165, 1.54) is 16.4 Å². The van der Waals surface area contributed by atoms with E-state index in [-0.39, 0.29) is 24.0 Å². The summed E-state index contributed by atoms with van der Waals surface area (Å²) in [5.41, 5.74) is 2.36. The van der Waals surface area contributed by atoms with E-state index in [1.807, 2.05) is 25.2 Å². The Kier molecular flexibility index (Phi) is 9.11. The van der Waals surface area contributed by atoms with Crippen LogP contribution in [0.25, 0.3) is 0 Å². The van der Waals surface area contributed by atoms with E-state index in [0.717, 1.165) is 56.5 Å². The Hall–Kier alpha value is -1.06. The average molecular weight is 520 g/mol. The molecule has 0 radical (unpaired) electrons. The highest BCUT2D eigenvalue weighted by molar-refractivity contribution is 14.0. The molecule has 148 valence electrons. The zero-order valence-corrected chi connectivity index (χ0v) is 19.7. The zero-order chi connectivity index (χ0) is 18.4. The van der Waals surface area contributed by atoms with Crippen molar-refractivity contribution >= 4 is 58.6 Å². The summed E-state index contributed by atoms with van der Waals surface area (Å²) in [7, 11) is 1.85. The summed E-state index contributed by atoms with van der Waals surface area (Å²) < 4.78 is 0. The van der Waals surface area contributed by atoms with Gasteiger partial charge in [-0.15, -0.1) is 35.3 Å². The van der Waals surface area contributed by atoms with Crippen molar-refractivity contribution in [3.8, 4) is 0 Å². The normalized spacial score (nSPS) is 14.9. The van der Waals surface area contributed by atoms with Gasteiger partial charge in [-0.05, 0) is 24.6 Å². The molecule has 2 heterocycles. The Morgan fingerprint density at radius 2 is 2.07 bits per heavy atom.